The van der Waals surface area contributed by atoms with Crippen molar-refractivity contribution in [2.24, 2.45) is 0 Å². The van der Waals surface area contributed by atoms with Crippen molar-refractivity contribution in [3.05, 3.63) is 17.7 Å². The van der Waals surface area contributed by atoms with Gasteiger partial charge in [-0.25, -0.2) is 4.79 Å². The molecule has 0 fully saturated rings. The summed E-state index contributed by atoms with van der Waals surface area (Å²) in [7, 11) is 0. The summed E-state index contributed by atoms with van der Waals surface area (Å²) >= 11 is 0. The fourth-order valence-corrected chi connectivity index (χ4v) is 9.82. The first-order valence-corrected chi connectivity index (χ1v) is 31.4. The summed E-state index contributed by atoms with van der Waals surface area (Å²) in [6, 6.07) is 3.68. The second kappa shape index (κ2) is 53.9. The molecule has 0 heterocycles. The van der Waals surface area contributed by atoms with E-state index in [9.17, 15) is 4.79 Å². The summed E-state index contributed by atoms with van der Waals surface area (Å²) in [6.07, 6.45) is 65.5. The zero-order valence-electron chi connectivity index (χ0n) is 47.2. The van der Waals surface area contributed by atoms with Crippen LogP contribution in [0.15, 0.2) is 12.1 Å². The molecule has 0 radical (unpaired) electrons. The molecular formula is C64H120O5. The van der Waals surface area contributed by atoms with Crippen molar-refractivity contribution in [3.63, 3.8) is 0 Å². The number of carbonyl (C=O) groups excluding carboxylic acids is 1. The van der Waals surface area contributed by atoms with Gasteiger partial charge in [-0.1, -0.05) is 317 Å². The summed E-state index contributed by atoms with van der Waals surface area (Å²) < 4.78 is 25.2. The van der Waals surface area contributed by atoms with Crippen molar-refractivity contribution in [2.75, 3.05) is 26.4 Å². The van der Waals surface area contributed by atoms with Gasteiger partial charge in [-0.05, 0) is 37.8 Å². The molecule has 0 aliphatic rings. The lowest BCUT2D eigenvalue weighted by atomic mass is 10.0. The molecule has 0 N–H and O–H groups in total. The Kier molecular flexibility index (Phi) is 50.8. The minimum Gasteiger partial charge on any atom is -0.490 e. The van der Waals surface area contributed by atoms with Crippen LogP contribution in [0, 0.1) is 0 Å². The van der Waals surface area contributed by atoms with E-state index in [1.54, 1.807) is 0 Å². The van der Waals surface area contributed by atoms with Crippen molar-refractivity contribution >= 4 is 5.97 Å². The van der Waals surface area contributed by atoms with E-state index in [0.29, 0.717) is 49.2 Å². The maximum absolute atomic E-state index is 13.2. The van der Waals surface area contributed by atoms with E-state index in [1.807, 2.05) is 19.1 Å². The van der Waals surface area contributed by atoms with E-state index in [0.717, 1.165) is 38.5 Å². The molecule has 0 saturated carbocycles. The molecule has 0 spiro atoms. The molecule has 0 atom stereocenters. The van der Waals surface area contributed by atoms with Crippen LogP contribution in [0.2, 0.25) is 0 Å². The molecule has 0 aromatic heterocycles. The van der Waals surface area contributed by atoms with E-state index in [-0.39, 0.29) is 5.97 Å². The molecule has 5 heteroatoms. The third kappa shape index (κ3) is 43.4. The van der Waals surface area contributed by atoms with Crippen molar-refractivity contribution in [1.82, 2.24) is 0 Å². The quantitative estimate of drug-likeness (QED) is 0.0481. The van der Waals surface area contributed by atoms with E-state index in [4.69, 9.17) is 18.9 Å². The molecule has 5 nitrogen and oxygen atoms in total. The van der Waals surface area contributed by atoms with Gasteiger partial charge in [0.05, 0.1) is 32.0 Å². The van der Waals surface area contributed by atoms with E-state index in [2.05, 4.69) is 20.8 Å². The average Bonchev–Trinajstić information content (AvgIpc) is 3.36. The largest absolute Gasteiger partial charge is 0.490 e. The fourth-order valence-electron chi connectivity index (χ4n) is 9.82. The first-order chi connectivity index (χ1) is 34.2. The normalized spacial score (nSPS) is 11.4. The highest BCUT2D eigenvalue weighted by molar-refractivity contribution is 5.91. The van der Waals surface area contributed by atoms with Crippen LogP contribution < -0.4 is 14.2 Å². The number of rotatable bonds is 57. The molecule has 1 aromatic rings. The van der Waals surface area contributed by atoms with E-state index >= 15 is 0 Å². The topological polar surface area (TPSA) is 54.0 Å². The molecule has 0 aliphatic heterocycles. The Bertz CT molecular complexity index is 1120. The summed E-state index contributed by atoms with van der Waals surface area (Å²) in [5.74, 6) is 1.59. The Hall–Kier alpha value is -1.91. The number of unbranched alkanes of at least 4 members (excludes halogenated alkanes) is 45. The number of hydrogen-bond acceptors (Lipinski definition) is 5. The second-order valence-electron chi connectivity index (χ2n) is 21.4. The SMILES string of the molecule is CCCCCCCCCCCCCCCCCCOc1cc(C(=O)OCCC)cc(OCCCCCCCCCCCCCCCCCC)c1OCCCCCCCCCCCCCCCCCC. The van der Waals surface area contributed by atoms with Crippen LogP contribution in [-0.4, -0.2) is 32.4 Å². The smallest absolute Gasteiger partial charge is 0.338 e. The third-order valence-electron chi connectivity index (χ3n) is 14.4. The van der Waals surface area contributed by atoms with Gasteiger partial charge in [0, 0.05) is 0 Å². The number of hydrogen-bond donors (Lipinski definition) is 0. The van der Waals surface area contributed by atoms with Gasteiger partial charge < -0.3 is 18.9 Å². The van der Waals surface area contributed by atoms with E-state index in [1.165, 1.54) is 276 Å². The highest BCUT2D eigenvalue weighted by Gasteiger charge is 2.20. The van der Waals surface area contributed by atoms with E-state index < -0.39 is 0 Å². The number of carbonyl (C=O) groups is 1. The van der Waals surface area contributed by atoms with Crippen molar-refractivity contribution < 1.29 is 23.7 Å². The first-order valence-electron chi connectivity index (χ1n) is 31.4. The fraction of sp³-hybridized carbons (Fsp3) is 0.891. The second-order valence-corrected chi connectivity index (χ2v) is 21.4. The van der Waals surface area contributed by atoms with Gasteiger partial charge in [0.15, 0.2) is 11.5 Å². The zero-order chi connectivity index (χ0) is 49.6. The highest BCUT2D eigenvalue weighted by Crippen LogP contribution is 2.40. The van der Waals surface area contributed by atoms with Crippen LogP contribution in [-0.2, 0) is 4.74 Å². The minimum atomic E-state index is -0.319. The van der Waals surface area contributed by atoms with Crippen molar-refractivity contribution in [1.29, 1.82) is 0 Å². The molecule has 0 aliphatic carbocycles. The van der Waals surface area contributed by atoms with Crippen molar-refractivity contribution in [3.8, 4) is 17.2 Å². The highest BCUT2D eigenvalue weighted by atomic mass is 16.5. The van der Waals surface area contributed by atoms with Crippen LogP contribution in [0.25, 0.3) is 0 Å². The van der Waals surface area contributed by atoms with Gasteiger partial charge in [0.2, 0.25) is 5.75 Å². The van der Waals surface area contributed by atoms with Gasteiger partial charge in [-0.3, -0.25) is 0 Å². The third-order valence-corrected chi connectivity index (χ3v) is 14.4. The molecule has 1 rings (SSSR count). The Morgan fingerprint density at radius 2 is 0.493 bits per heavy atom. The van der Waals surface area contributed by atoms with Crippen molar-refractivity contribution in [2.45, 2.75) is 342 Å². The Balaban J connectivity index is 2.59. The first kappa shape index (κ1) is 65.1. The predicted molar refractivity (Wildman–Crippen MR) is 302 cm³/mol. The summed E-state index contributed by atoms with van der Waals surface area (Å²) in [6.45, 7) is 11.2. The summed E-state index contributed by atoms with van der Waals surface area (Å²) in [5.41, 5.74) is 0.488. The molecule has 0 amide bonds. The maximum atomic E-state index is 13.2. The number of benzene rings is 1. The van der Waals surface area contributed by atoms with Gasteiger partial charge in [-0.15, -0.1) is 0 Å². The van der Waals surface area contributed by atoms with Gasteiger partial charge in [0.25, 0.3) is 0 Å². The number of ether oxygens (including phenoxy) is 4. The zero-order valence-corrected chi connectivity index (χ0v) is 47.2. The van der Waals surface area contributed by atoms with Crippen LogP contribution in [0.5, 0.6) is 17.2 Å². The summed E-state index contributed by atoms with van der Waals surface area (Å²) in [4.78, 5) is 13.2. The molecule has 1 aromatic carbocycles. The van der Waals surface area contributed by atoms with Crippen LogP contribution in [0.3, 0.4) is 0 Å². The Morgan fingerprint density at radius 1 is 0.275 bits per heavy atom. The monoisotopic (exact) mass is 969 g/mol. The minimum absolute atomic E-state index is 0.319. The molecule has 0 unspecified atom stereocenters. The molecule has 406 valence electrons. The molecular weight excluding hydrogens is 849 g/mol. The predicted octanol–water partition coefficient (Wildman–Crippen LogP) is 22.2. The lowest BCUT2D eigenvalue weighted by Gasteiger charge is -2.19. The van der Waals surface area contributed by atoms with Crippen LogP contribution in [0.4, 0.5) is 0 Å². The molecule has 69 heavy (non-hydrogen) atoms. The maximum Gasteiger partial charge on any atom is 0.338 e. The molecule has 0 saturated heterocycles. The average molecular weight is 970 g/mol. The lowest BCUT2D eigenvalue weighted by molar-refractivity contribution is 0.0503. The number of esters is 1. The van der Waals surface area contributed by atoms with Gasteiger partial charge in [0.1, 0.15) is 0 Å². The Morgan fingerprint density at radius 3 is 0.725 bits per heavy atom. The van der Waals surface area contributed by atoms with Crippen LogP contribution >= 0.6 is 0 Å². The Labute approximate surface area is 431 Å². The van der Waals surface area contributed by atoms with Gasteiger partial charge in [-0.2, -0.15) is 0 Å². The summed E-state index contributed by atoms with van der Waals surface area (Å²) in [5, 5.41) is 0. The standard InChI is InChI=1S/C64H120O5/c1-5-9-12-15-18-21-24-27-30-33-36-39-42-45-48-51-55-66-61-58-60(64(65)69-54-8-4)59-62(67-56-52-49-46-43-40-37-34-31-28-25-22-19-16-13-10-6-2)63(61)68-57-53-50-47-44-41-38-35-32-29-26-23-20-17-14-11-7-3/h58-59H,5-57H2,1-4H3. The lowest BCUT2D eigenvalue weighted by Crippen LogP contribution is -2.10. The van der Waals surface area contributed by atoms with Gasteiger partial charge >= 0.3 is 5.97 Å². The molecule has 0 bridgehead atoms. The van der Waals surface area contributed by atoms with Crippen LogP contribution in [0.1, 0.15) is 353 Å².